The highest BCUT2D eigenvalue weighted by molar-refractivity contribution is 5.66. The average Bonchev–Trinajstić information content (AvgIpc) is 2.68. The van der Waals surface area contributed by atoms with Crippen molar-refractivity contribution in [3.05, 3.63) is 0 Å². The minimum absolute atomic E-state index is 0.243. The van der Waals surface area contributed by atoms with Crippen LogP contribution in [0.2, 0.25) is 0 Å². The molecule has 0 aromatic rings. The number of aliphatic carboxylic acids is 1. The van der Waals surface area contributed by atoms with Gasteiger partial charge in [0.05, 0.1) is 6.42 Å². The zero-order valence-corrected chi connectivity index (χ0v) is 9.67. The normalized spacial score (nSPS) is 19.3. The predicted molar refractivity (Wildman–Crippen MR) is 60.9 cm³/mol. The first-order valence-corrected chi connectivity index (χ1v) is 6.19. The third kappa shape index (κ3) is 4.65. The molecule has 0 amide bonds. The standard InChI is InChI=1S/C12H23NO2/c1-2-5-11(10-6-3-4-7-10)13-9-8-12(14)15/h10-11,13H,2-9H2,1H3,(H,14,15). The lowest BCUT2D eigenvalue weighted by atomic mass is 9.94. The molecule has 3 heteroatoms. The average molecular weight is 213 g/mol. The molecule has 0 aromatic carbocycles. The van der Waals surface area contributed by atoms with Gasteiger partial charge in [-0.15, -0.1) is 0 Å². The van der Waals surface area contributed by atoms with Crippen molar-refractivity contribution in [3.8, 4) is 0 Å². The molecule has 1 rings (SSSR count). The van der Waals surface area contributed by atoms with Gasteiger partial charge in [0.1, 0.15) is 0 Å². The van der Waals surface area contributed by atoms with Crippen LogP contribution in [0.25, 0.3) is 0 Å². The van der Waals surface area contributed by atoms with E-state index < -0.39 is 5.97 Å². The zero-order chi connectivity index (χ0) is 11.1. The van der Waals surface area contributed by atoms with Crippen LogP contribution in [0, 0.1) is 5.92 Å². The second kappa shape index (κ2) is 6.83. The molecule has 1 aliphatic rings. The van der Waals surface area contributed by atoms with Crippen molar-refractivity contribution in [3.63, 3.8) is 0 Å². The van der Waals surface area contributed by atoms with Gasteiger partial charge in [0, 0.05) is 12.6 Å². The van der Waals surface area contributed by atoms with Crippen LogP contribution >= 0.6 is 0 Å². The SMILES string of the molecule is CCCC(NCCC(=O)O)C1CCCC1. The van der Waals surface area contributed by atoms with E-state index in [4.69, 9.17) is 5.11 Å². The van der Waals surface area contributed by atoms with Gasteiger partial charge < -0.3 is 10.4 Å². The molecule has 0 radical (unpaired) electrons. The van der Waals surface area contributed by atoms with E-state index >= 15 is 0 Å². The van der Waals surface area contributed by atoms with Gasteiger partial charge in [-0.2, -0.15) is 0 Å². The van der Waals surface area contributed by atoms with Gasteiger partial charge in [-0.25, -0.2) is 0 Å². The highest BCUT2D eigenvalue weighted by Gasteiger charge is 2.23. The Hall–Kier alpha value is -0.570. The van der Waals surface area contributed by atoms with E-state index in [0.29, 0.717) is 12.6 Å². The highest BCUT2D eigenvalue weighted by Crippen LogP contribution is 2.29. The van der Waals surface area contributed by atoms with Crippen LogP contribution in [0.3, 0.4) is 0 Å². The van der Waals surface area contributed by atoms with Crippen LogP contribution in [-0.4, -0.2) is 23.7 Å². The third-order valence-electron chi connectivity index (χ3n) is 3.31. The molecule has 0 saturated heterocycles. The summed E-state index contributed by atoms with van der Waals surface area (Å²) in [5, 5.41) is 12.0. The lowest BCUT2D eigenvalue weighted by Gasteiger charge is -2.24. The molecule has 0 bridgehead atoms. The number of nitrogens with one attached hydrogen (secondary N) is 1. The highest BCUT2D eigenvalue weighted by atomic mass is 16.4. The summed E-state index contributed by atoms with van der Waals surface area (Å²) in [4.78, 5) is 10.4. The van der Waals surface area contributed by atoms with Crippen molar-refractivity contribution in [2.24, 2.45) is 5.92 Å². The topological polar surface area (TPSA) is 49.3 Å². The third-order valence-corrected chi connectivity index (χ3v) is 3.31. The molecule has 15 heavy (non-hydrogen) atoms. The van der Waals surface area contributed by atoms with Crippen LogP contribution in [0.15, 0.2) is 0 Å². The summed E-state index contributed by atoms with van der Waals surface area (Å²) in [5.74, 6) is 0.0860. The maximum Gasteiger partial charge on any atom is 0.304 e. The van der Waals surface area contributed by atoms with Gasteiger partial charge in [0.15, 0.2) is 0 Å². The molecule has 2 N–H and O–H groups in total. The number of rotatable bonds is 7. The fourth-order valence-corrected chi connectivity index (χ4v) is 2.54. The van der Waals surface area contributed by atoms with Crippen molar-refractivity contribution in [1.29, 1.82) is 0 Å². The Labute approximate surface area is 92.3 Å². The van der Waals surface area contributed by atoms with Crippen LogP contribution in [-0.2, 0) is 4.79 Å². The molecule has 88 valence electrons. The Kier molecular flexibility index (Phi) is 5.69. The lowest BCUT2D eigenvalue weighted by molar-refractivity contribution is -0.136. The first-order valence-electron chi connectivity index (χ1n) is 6.19. The Morgan fingerprint density at radius 2 is 2.13 bits per heavy atom. The molecule has 0 aliphatic heterocycles. The van der Waals surface area contributed by atoms with Crippen LogP contribution < -0.4 is 5.32 Å². The van der Waals surface area contributed by atoms with Crippen molar-refractivity contribution < 1.29 is 9.90 Å². The van der Waals surface area contributed by atoms with Crippen LogP contribution in [0.5, 0.6) is 0 Å². The minimum Gasteiger partial charge on any atom is -0.481 e. The number of carbonyl (C=O) groups is 1. The second-order valence-electron chi connectivity index (χ2n) is 4.54. The van der Waals surface area contributed by atoms with Crippen LogP contribution in [0.1, 0.15) is 51.9 Å². The van der Waals surface area contributed by atoms with Gasteiger partial charge in [-0.3, -0.25) is 4.79 Å². The molecular weight excluding hydrogens is 190 g/mol. The monoisotopic (exact) mass is 213 g/mol. The summed E-state index contributed by atoms with van der Waals surface area (Å²) >= 11 is 0. The van der Waals surface area contributed by atoms with E-state index in [1.807, 2.05) is 0 Å². The molecule has 0 heterocycles. The Bertz CT molecular complexity index is 188. The summed E-state index contributed by atoms with van der Waals surface area (Å²) in [6, 6.07) is 0.553. The molecule has 1 atom stereocenters. The zero-order valence-electron chi connectivity index (χ0n) is 9.67. The number of carboxylic acids is 1. The first kappa shape index (κ1) is 12.5. The fraction of sp³-hybridized carbons (Fsp3) is 0.917. The Morgan fingerprint density at radius 1 is 1.47 bits per heavy atom. The summed E-state index contributed by atoms with van der Waals surface area (Å²) in [7, 11) is 0. The Morgan fingerprint density at radius 3 is 2.67 bits per heavy atom. The summed E-state index contributed by atoms with van der Waals surface area (Å²) in [6.07, 6.45) is 7.96. The van der Waals surface area contributed by atoms with E-state index in [0.717, 1.165) is 5.92 Å². The summed E-state index contributed by atoms with van der Waals surface area (Å²) in [6.45, 7) is 2.82. The molecule has 1 unspecified atom stereocenters. The van der Waals surface area contributed by atoms with Crippen LogP contribution in [0.4, 0.5) is 0 Å². The predicted octanol–water partition coefficient (Wildman–Crippen LogP) is 2.41. The molecule has 1 aliphatic carbocycles. The maximum absolute atomic E-state index is 10.4. The van der Waals surface area contributed by atoms with Crippen molar-refractivity contribution in [2.75, 3.05) is 6.54 Å². The van der Waals surface area contributed by atoms with Crippen molar-refractivity contribution in [1.82, 2.24) is 5.32 Å². The summed E-state index contributed by atoms with van der Waals surface area (Å²) in [5.41, 5.74) is 0. The lowest BCUT2D eigenvalue weighted by Crippen LogP contribution is -2.36. The molecule has 0 spiro atoms. The first-order chi connectivity index (χ1) is 7.24. The van der Waals surface area contributed by atoms with E-state index in [1.165, 1.54) is 38.5 Å². The molecule has 1 saturated carbocycles. The van der Waals surface area contributed by atoms with E-state index in [1.54, 1.807) is 0 Å². The van der Waals surface area contributed by atoms with Gasteiger partial charge in [-0.05, 0) is 25.2 Å². The number of hydrogen-bond donors (Lipinski definition) is 2. The van der Waals surface area contributed by atoms with Gasteiger partial charge in [0.25, 0.3) is 0 Å². The second-order valence-corrected chi connectivity index (χ2v) is 4.54. The van der Waals surface area contributed by atoms with E-state index in [-0.39, 0.29) is 6.42 Å². The smallest absolute Gasteiger partial charge is 0.304 e. The van der Waals surface area contributed by atoms with Gasteiger partial charge in [-0.1, -0.05) is 26.2 Å². The minimum atomic E-state index is -0.704. The quantitative estimate of drug-likeness (QED) is 0.682. The van der Waals surface area contributed by atoms with Gasteiger partial charge in [0.2, 0.25) is 0 Å². The molecule has 3 nitrogen and oxygen atoms in total. The van der Waals surface area contributed by atoms with Crippen molar-refractivity contribution in [2.45, 2.75) is 57.9 Å². The molecule has 0 aromatic heterocycles. The summed E-state index contributed by atoms with van der Waals surface area (Å²) < 4.78 is 0. The number of carboxylic acid groups (broad SMARTS) is 1. The molecule has 1 fully saturated rings. The van der Waals surface area contributed by atoms with E-state index in [9.17, 15) is 4.79 Å². The Balaban J connectivity index is 2.26. The fourth-order valence-electron chi connectivity index (χ4n) is 2.54. The number of hydrogen-bond acceptors (Lipinski definition) is 2. The maximum atomic E-state index is 10.4. The molecular formula is C12H23NO2. The van der Waals surface area contributed by atoms with Crippen molar-refractivity contribution >= 4 is 5.97 Å². The van der Waals surface area contributed by atoms with E-state index in [2.05, 4.69) is 12.2 Å². The largest absolute Gasteiger partial charge is 0.481 e. The van der Waals surface area contributed by atoms with Gasteiger partial charge >= 0.3 is 5.97 Å².